The second-order valence-corrected chi connectivity index (χ2v) is 8.39. The molecule has 0 unspecified atom stereocenters. The second-order valence-electron chi connectivity index (χ2n) is 6.80. The number of nitrogens with zero attached hydrogens (tertiary/aromatic N) is 3. The lowest BCUT2D eigenvalue weighted by Crippen LogP contribution is -2.47. The summed E-state index contributed by atoms with van der Waals surface area (Å²) in [7, 11) is -4.08. The molecule has 1 aliphatic heterocycles. The lowest BCUT2D eigenvalue weighted by molar-refractivity contribution is -0.0435. The molecule has 3 rings (SSSR count). The van der Waals surface area contributed by atoms with Crippen LogP contribution in [-0.4, -0.2) is 38.1 Å². The van der Waals surface area contributed by atoms with E-state index in [1.54, 1.807) is 80.4 Å². The highest BCUT2D eigenvalue weighted by Gasteiger charge is 2.48. The number of fused-ring (bicyclic) bond motifs is 1. The second kappa shape index (κ2) is 6.73. The van der Waals surface area contributed by atoms with E-state index in [2.05, 4.69) is 9.39 Å². The highest BCUT2D eigenvalue weighted by atomic mass is 32.2. The molecule has 0 bridgehead atoms. The molecule has 0 atom stereocenters. The van der Waals surface area contributed by atoms with Gasteiger partial charge in [0.25, 0.3) is 0 Å². The van der Waals surface area contributed by atoms with E-state index in [1.807, 2.05) is 0 Å². The molecule has 5 nitrogen and oxygen atoms in total. The highest BCUT2D eigenvalue weighted by Crippen LogP contribution is 2.34. The molecule has 0 spiro atoms. The van der Waals surface area contributed by atoms with Crippen LogP contribution in [0.2, 0.25) is 0 Å². The number of hydrogen-bond acceptors (Lipinski definition) is 3. The third-order valence-electron chi connectivity index (χ3n) is 4.67. The van der Waals surface area contributed by atoms with Crippen LogP contribution in [0.25, 0.3) is 0 Å². The monoisotopic (exact) mass is 409 g/mol. The van der Waals surface area contributed by atoms with Crippen LogP contribution in [0.3, 0.4) is 0 Å². The Morgan fingerprint density at radius 1 is 1.00 bits per heavy atom. The standard InChI is InChI=1S/C19H18F3N3O2S/c1-18(2)17(24-28(26,27)19(20,21)22)23-16(13-9-5-4-6-10-13)14-11-7-8-12-15(14)25(18)3/h4-12H,1-3H3/b24-17+. The lowest BCUT2D eigenvalue weighted by Gasteiger charge is -2.35. The summed E-state index contributed by atoms with van der Waals surface area (Å²) in [5, 5.41) is 0. The molecule has 0 N–H and O–H groups in total. The van der Waals surface area contributed by atoms with Crippen molar-refractivity contribution in [3.8, 4) is 0 Å². The predicted molar refractivity (Wildman–Crippen MR) is 103 cm³/mol. The zero-order valence-corrected chi connectivity index (χ0v) is 16.2. The summed E-state index contributed by atoms with van der Waals surface area (Å²) in [6, 6.07) is 16.0. The first kappa shape index (κ1) is 20.1. The van der Waals surface area contributed by atoms with Gasteiger partial charge in [-0.05, 0) is 19.9 Å². The van der Waals surface area contributed by atoms with Crippen molar-refractivity contribution in [1.29, 1.82) is 0 Å². The van der Waals surface area contributed by atoms with Crippen molar-refractivity contribution in [1.82, 2.24) is 0 Å². The molecule has 9 heteroatoms. The van der Waals surface area contributed by atoms with Crippen molar-refractivity contribution in [3.63, 3.8) is 0 Å². The molecule has 1 heterocycles. The summed E-state index contributed by atoms with van der Waals surface area (Å²) in [6.07, 6.45) is 0. The fourth-order valence-electron chi connectivity index (χ4n) is 2.83. The van der Waals surface area contributed by atoms with Gasteiger partial charge >= 0.3 is 15.5 Å². The summed E-state index contributed by atoms with van der Waals surface area (Å²) >= 11 is 0. The molecule has 0 radical (unpaired) electrons. The Morgan fingerprint density at radius 2 is 1.57 bits per heavy atom. The van der Waals surface area contributed by atoms with E-state index in [4.69, 9.17) is 0 Å². The Kier molecular flexibility index (Phi) is 4.82. The largest absolute Gasteiger partial charge is 0.518 e. The van der Waals surface area contributed by atoms with Crippen molar-refractivity contribution in [2.24, 2.45) is 9.39 Å². The van der Waals surface area contributed by atoms with Gasteiger partial charge in [0.2, 0.25) is 0 Å². The number of sulfonamides is 1. The number of hydrogen-bond donors (Lipinski definition) is 0. The normalized spacial score (nSPS) is 18.4. The van der Waals surface area contributed by atoms with Crippen LogP contribution in [-0.2, 0) is 10.0 Å². The Bertz CT molecular complexity index is 1060. The fourth-order valence-corrected chi connectivity index (χ4v) is 3.43. The predicted octanol–water partition coefficient (Wildman–Crippen LogP) is 4.00. The first-order valence-electron chi connectivity index (χ1n) is 8.34. The van der Waals surface area contributed by atoms with E-state index in [0.29, 0.717) is 22.5 Å². The van der Waals surface area contributed by atoms with E-state index in [9.17, 15) is 21.6 Å². The minimum Gasteiger partial charge on any atom is -0.362 e. The van der Waals surface area contributed by atoms with Crippen molar-refractivity contribution in [2.75, 3.05) is 11.9 Å². The minimum absolute atomic E-state index is 0.352. The summed E-state index contributed by atoms with van der Waals surface area (Å²) in [6.45, 7) is 3.15. The Hall–Kier alpha value is -2.68. The highest BCUT2D eigenvalue weighted by molar-refractivity contribution is 7.91. The molecule has 1 aliphatic rings. The molecule has 0 saturated heterocycles. The molecule has 148 valence electrons. The number of benzene rings is 2. The van der Waals surface area contributed by atoms with Crippen LogP contribution in [0.1, 0.15) is 25.0 Å². The summed E-state index contributed by atoms with van der Waals surface area (Å²) in [4.78, 5) is 6.01. The Balaban J connectivity index is 2.35. The summed E-state index contributed by atoms with van der Waals surface area (Å²) in [5.41, 5.74) is -4.37. The topological polar surface area (TPSA) is 62.1 Å². The van der Waals surface area contributed by atoms with Gasteiger partial charge in [0.05, 0.1) is 11.3 Å². The molecule has 0 aliphatic carbocycles. The van der Waals surface area contributed by atoms with Gasteiger partial charge in [0.1, 0.15) is 0 Å². The van der Waals surface area contributed by atoms with Crippen molar-refractivity contribution < 1.29 is 21.6 Å². The fraction of sp³-hybridized carbons (Fsp3) is 0.263. The van der Waals surface area contributed by atoms with Crippen LogP contribution < -0.4 is 4.90 Å². The third-order valence-corrected chi connectivity index (χ3v) is 5.67. The maximum absolute atomic E-state index is 13.0. The molecular formula is C19H18F3N3O2S. The van der Waals surface area contributed by atoms with E-state index in [-0.39, 0.29) is 0 Å². The van der Waals surface area contributed by atoms with E-state index in [1.165, 1.54) is 0 Å². The molecule has 0 aromatic heterocycles. The number of alkyl halides is 3. The number of benzodiazepines with no additional fused rings is 1. The molecule has 0 fully saturated rings. The van der Waals surface area contributed by atoms with Crippen LogP contribution in [0, 0.1) is 0 Å². The number of aliphatic imine (C=N–C) groups is 1. The number of halogens is 3. The molecule has 28 heavy (non-hydrogen) atoms. The maximum Gasteiger partial charge on any atom is 0.518 e. The lowest BCUT2D eigenvalue weighted by atomic mass is 9.99. The first-order chi connectivity index (χ1) is 12.9. The molecule has 0 saturated carbocycles. The van der Waals surface area contributed by atoms with Gasteiger partial charge in [-0.25, -0.2) is 4.99 Å². The SMILES string of the molecule is CN1c2ccccc2C(c2ccccc2)=N/C(=N/S(=O)(=O)C(F)(F)F)C1(C)C. The average Bonchev–Trinajstić information content (AvgIpc) is 2.71. The van der Waals surface area contributed by atoms with Crippen molar-refractivity contribution in [3.05, 3.63) is 65.7 Å². The van der Waals surface area contributed by atoms with Gasteiger partial charge in [-0.2, -0.15) is 21.6 Å². The Labute approximate surface area is 161 Å². The molecule has 2 aromatic carbocycles. The van der Waals surface area contributed by atoms with Gasteiger partial charge in [-0.1, -0.05) is 48.5 Å². The number of likely N-dealkylation sites (N-methyl/N-ethyl adjacent to an activating group) is 1. The van der Waals surface area contributed by atoms with Crippen molar-refractivity contribution >= 4 is 27.3 Å². The van der Waals surface area contributed by atoms with Crippen LogP contribution in [0.4, 0.5) is 18.9 Å². The molecule has 2 aromatic rings. The van der Waals surface area contributed by atoms with Gasteiger partial charge < -0.3 is 4.90 Å². The quantitative estimate of drug-likeness (QED) is 0.753. The maximum atomic E-state index is 13.0. The van der Waals surface area contributed by atoms with Crippen LogP contribution in [0.5, 0.6) is 0 Å². The molecular weight excluding hydrogens is 391 g/mol. The number of rotatable bonds is 2. The third kappa shape index (κ3) is 3.42. The average molecular weight is 409 g/mol. The first-order valence-corrected chi connectivity index (χ1v) is 9.78. The van der Waals surface area contributed by atoms with E-state index in [0.717, 1.165) is 0 Å². The molecule has 0 amide bonds. The van der Waals surface area contributed by atoms with Crippen LogP contribution >= 0.6 is 0 Å². The van der Waals surface area contributed by atoms with Gasteiger partial charge in [0, 0.05) is 23.9 Å². The summed E-state index contributed by atoms with van der Waals surface area (Å²) in [5.74, 6) is -0.442. The van der Waals surface area contributed by atoms with Crippen LogP contribution in [0.15, 0.2) is 64.0 Å². The smallest absolute Gasteiger partial charge is 0.362 e. The summed E-state index contributed by atoms with van der Waals surface area (Å²) < 4.78 is 65.5. The van der Waals surface area contributed by atoms with Gasteiger partial charge in [-0.3, -0.25) is 0 Å². The van der Waals surface area contributed by atoms with Crippen molar-refractivity contribution in [2.45, 2.75) is 24.9 Å². The number of anilines is 1. The van der Waals surface area contributed by atoms with E-state index < -0.39 is 26.9 Å². The zero-order valence-electron chi connectivity index (χ0n) is 15.4. The van der Waals surface area contributed by atoms with Gasteiger partial charge in [0.15, 0.2) is 5.84 Å². The number of amidine groups is 1. The number of para-hydroxylation sites is 1. The zero-order chi connectivity index (χ0) is 20.7. The van der Waals surface area contributed by atoms with E-state index >= 15 is 0 Å². The minimum atomic E-state index is -5.75. The Morgan fingerprint density at radius 3 is 2.18 bits per heavy atom. The van der Waals surface area contributed by atoms with Gasteiger partial charge in [-0.15, -0.1) is 4.40 Å².